The lowest BCUT2D eigenvalue weighted by molar-refractivity contribution is -0.897. The second kappa shape index (κ2) is 7.09. The Kier molecular flexibility index (Phi) is 5.44. The lowest BCUT2D eigenvalue weighted by atomic mass is 10.1. The molecule has 0 spiro atoms. The highest BCUT2D eigenvalue weighted by molar-refractivity contribution is 6.35. The van der Waals surface area contributed by atoms with E-state index in [1.807, 2.05) is 55.6 Å². The van der Waals surface area contributed by atoms with E-state index in [4.69, 9.17) is 23.2 Å². The predicted octanol–water partition coefficient (Wildman–Crippen LogP) is 2.74. The maximum absolute atomic E-state index is 10.2. The highest BCUT2D eigenvalue weighted by Crippen LogP contribution is 2.23. The van der Waals surface area contributed by atoms with Crippen LogP contribution in [0.4, 0.5) is 0 Å². The summed E-state index contributed by atoms with van der Waals surface area (Å²) >= 11 is 12.3. The van der Waals surface area contributed by atoms with E-state index in [0.29, 0.717) is 23.1 Å². The van der Waals surface area contributed by atoms with Crippen molar-refractivity contribution in [2.45, 2.75) is 12.6 Å². The second-order valence-electron chi connectivity index (χ2n) is 4.96. The van der Waals surface area contributed by atoms with Crippen molar-refractivity contribution < 1.29 is 10.0 Å². The summed E-state index contributed by atoms with van der Waals surface area (Å²) in [6, 6.07) is 15.2. The summed E-state index contributed by atoms with van der Waals surface area (Å²) in [6.07, 6.45) is -0.488. The Morgan fingerprint density at radius 2 is 1.60 bits per heavy atom. The molecule has 0 saturated carbocycles. The molecular weight excluding hydrogens is 293 g/mol. The monoisotopic (exact) mass is 310 g/mol. The molecule has 2 N–H and O–H groups in total. The van der Waals surface area contributed by atoms with Crippen molar-refractivity contribution in [3.8, 4) is 0 Å². The summed E-state index contributed by atoms with van der Waals surface area (Å²) in [4.78, 5) is 1.15. The minimum atomic E-state index is -0.488. The average Bonchev–Trinajstić information content (AvgIpc) is 2.44. The van der Waals surface area contributed by atoms with Crippen molar-refractivity contribution in [3.63, 3.8) is 0 Å². The van der Waals surface area contributed by atoms with Crippen LogP contribution in [0.15, 0.2) is 48.5 Å². The summed E-state index contributed by atoms with van der Waals surface area (Å²) < 4.78 is 0. The minimum absolute atomic E-state index is 0.488. The lowest BCUT2D eigenvalue weighted by Gasteiger charge is -2.19. The fourth-order valence-electron chi connectivity index (χ4n) is 2.20. The third-order valence-electron chi connectivity index (χ3n) is 3.27. The average molecular weight is 311 g/mol. The molecule has 0 aliphatic carbocycles. The minimum Gasteiger partial charge on any atom is -0.382 e. The fraction of sp³-hybridized carbons (Fsp3) is 0.250. The van der Waals surface area contributed by atoms with Crippen LogP contribution in [0.3, 0.4) is 0 Å². The standard InChI is InChI=1S/C16H17Cl2NO/c1-19(10-13-14(17)8-5-9-15(13)18)11-16(20)12-6-3-2-4-7-12/h2-9,16,20H,10-11H2,1H3/p+1/t16-/m1/s1. The van der Waals surface area contributed by atoms with Crippen molar-refractivity contribution in [2.24, 2.45) is 0 Å². The first kappa shape index (κ1) is 15.3. The Hall–Kier alpha value is -1.06. The number of quaternary nitrogens is 1. The van der Waals surface area contributed by atoms with Gasteiger partial charge in [-0.3, -0.25) is 0 Å². The number of rotatable bonds is 5. The summed E-state index contributed by atoms with van der Waals surface area (Å²) in [6.45, 7) is 1.29. The van der Waals surface area contributed by atoms with Gasteiger partial charge in [-0.25, -0.2) is 0 Å². The van der Waals surface area contributed by atoms with E-state index in [0.717, 1.165) is 16.0 Å². The van der Waals surface area contributed by atoms with Crippen LogP contribution >= 0.6 is 23.2 Å². The summed E-state index contributed by atoms with van der Waals surface area (Å²) in [5, 5.41) is 11.6. The molecule has 0 aliphatic heterocycles. The molecule has 2 aromatic carbocycles. The number of nitrogens with one attached hydrogen (secondary N) is 1. The third-order valence-corrected chi connectivity index (χ3v) is 3.97. The van der Waals surface area contributed by atoms with Gasteiger partial charge in [0.2, 0.25) is 0 Å². The number of likely N-dealkylation sites (N-methyl/N-ethyl adjacent to an activating group) is 1. The third kappa shape index (κ3) is 3.97. The van der Waals surface area contributed by atoms with Gasteiger partial charge in [-0.05, 0) is 17.7 Å². The topological polar surface area (TPSA) is 24.7 Å². The van der Waals surface area contributed by atoms with Gasteiger partial charge in [-0.1, -0.05) is 59.6 Å². The summed E-state index contributed by atoms with van der Waals surface area (Å²) in [5.41, 5.74) is 1.85. The van der Waals surface area contributed by atoms with Crippen LogP contribution in [-0.4, -0.2) is 18.7 Å². The number of halogens is 2. The molecular formula is C16H18Cl2NO+. The quantitative estimate of drug-likeness (QED) is 0.872. The molecule has 2 rings (SSSR count). The Bertz CT molecular complexity index is 539. The second-order valence-corrected chi connectivity index (χ2v) is 5.78. The lowest BCUT2D eigenvalue weighted by Crippen LogP contribution is -3.08. The molecule has 0 amide bonds. The van der Waals surface area contributed by atoms with Crippen molar-refractivity contribution in [2.75, 3.05) is 13.6 Å². The van der Waals surface area contributed by atoms with E-state index in [-0.39, 0.29) is 0 Å². The zero-order valence-electron chi connectivity index (χ0n) is 11.3. The molecule has 0 bridgehead atoms. The SMILES string of the molecule is C[NH+](Cc1c(Cl)cccc1Cl)C[C@@H](O)c1ccccc1. The van der Waals surface area contributed by atoms with Crippen molar-refractivity contribution in [1.82, 2.24) is 0 Å². The van der Waals surface area contributed by atoms with Gasteiger partial charge in [-0.2, -0.15) is 0 Å². The maximum atomic E-state index is 10.2. The Balaban J connectivity index is 2.01. The van der Waals surface area contributed by atoms with E-state index in [1.54, 1.807) is 0 Å². The smallest absolute Gasteiger partial charge is 0.128 e. The first-order valence-corrected chi connectivity index (χ1v) is 7.30. The first-order valence-electron chi connectivity index (χ1n) is 6.55. The zero-order valence-corrected chi connectivity index (χ0v) is 12.8. The van der Waals surface area contributed by atoms with Gasteiger partial charge in [0.15, 0.2) is 0 Å². The maximum Gasteiger partial charge on any atom is 0.128 e. The number of hydrogen-bond acceptors (Lipinski definition) is 1. The van der Waals surface area contributed by atoms with E-state index >= 15 is 0 Å². The van der Waals surface area contributed by atoms with Crippen molar-refractivity contribution >= 4 is 23.2 Å². The number of aliphatic hydroxyl groups is 1. The first-order chi connectivity index (χ1) is 9.58. The molecule has 1 unspecified atom stereocenters. The zero-order chi connectivity index (χ0) is 14.5. The van der Waals surface area contributed by atoms with Crippen LogP contribution in [0.2, 0.25) is 10.0 Å². The molecule has 0 radical (unpaired) electrons. The Labute approximate surface area is 129 Å². The predicted molar refractivity (Wildman–Crippen MR) is 83.3 cm³/mol. The van der Waals surface area contributed by atoms with Crippen LogP contribution in [0.25, 0.3) is 0 Å². The molecule has 0 aliphatic rings. The summed E-state index contributed by atoms with van der Waals surface area (Å²) in [7, 11) is 2.02. The molecule has 106 valence electrons. The highest BCUT2D eigenvalue weighted by atomic mass is 35.5. The van der Waals surface area contributed by atoms with Crippen LogP contribution in [0.1, 0.15) is 17.2 Å². The van der Waals surface area contributed by atoms with Crippen LogP contribution in [0, 0.1) is 0 Å². The number of aliphatic hydroxyl groups excluding tert-OH is 1. The van der Waals surface area contributed by atoms with Gasteiger partial charge in [0.05, 0.1) is 17.1 Å². The molecule has 4 heteroatoms. The number of benzene rings is 2. The normalized spacial score (nSPS) is 14.0. The van der Waals surface area contributed by atoms with E-state index < -0.39 is 6.10 Å². The van der Waals surface area contributed by atoms with Gasteiger partial charge in [0.25, 0.3) is 0 Å². The number of hydrogen-bond donors (Lipinski definition) is 2. The van der Waals surface area contributed by atoms with Gasteiger partial charge in [0.1, 0.15) is 19.2 Å². The van der Waals surface area contributed by atoms with E-state index in [9.17, 15) is 5.11 Å². The molecule has 2 nitrogen and oxygen atoms in total. The molecule has 0 fully saturated rings. The molecule has 2 atom stereocenters. The largest absolute Gasteiger partial charge is 0.382 e. The van der Waals surface area contributed by atoms with Crippen molar-refractivity contribution in [1.29, 1.82) is 0 Å². The van der Waals surface area contributed by atoms with Gasteiger partial charge in [-0.15, -0.1) is 0 Å². The Morgan fingerprint density at radius 1 is 1.00 bits per heavy atom. The Morgan fingerprint density at radius 3 is 2.20 bits per heavy atom. The van der Waals surface area contributed by atoms with Crippen LogP contribution < -0.4 is 4.90 Å². The van der Waals surface area contributed by atoms with Gasteiger partial charge < -0.3 is 10.0 Å². The van der Waals surface area contributed by atoms with Crippen LogP contribution in [-0.2, 0) is 6.54 Å². The molecule has 0 aromatic heterocycles. The van der Waals surface area contributed by atoms with Crippen LogP contribution in [0.5, 0.6) is 0 Å². The van der Waals surface area contributed by atoms with Gasteiger partial charge in [0, 0.05) is 5.56 Å². The molecule has 20 heavy (non-hydrogen) atoms. The molecule has 2 aromatic rings. The summed E-state index contributed by atoms with van der Waals surface area (Å²) in [5.74, 6) is 0. The molecule has 0 saturated heterocycles. The van der Waals surface area contributed by atoms with Crippen molar-refractivity contribution in [3.05, 3.63) is 69.7 Å². The fourth-order valence-corrected chi connectivity index (χ4v) is 2.73. The highest BCUT2D eigenvalue weighted by Gasteiger charge is 2.16. The molecule has 0 heterocycles. The van der Waals surface area contributed by atoms with E-state index in [2.05, 4.69) is 0 Å². The van der Waals surface area contributed by atoms with Gasteiger partial charge >= 0.3 is 0 Å². The van der Waals surface area contributed by atoms with E-state index in [1.165, 1.54) is 0 Å².